The highest BCUT2D eigenvalue weighted by Gasteiger charge is 2.64. The molecule has 6 rings (SSSR count). The van der Waals surface area contributed by atoms with Gasteiger partial charge in [-0.2, -0.15) is 11.8 Å². The average Bonchev–Trinajstić information content (AvgIpc) is 3.18. The number of oxime groups is 1. The molecule has 0 bridgehead atoms. The molecule has 2 N–H and O–H groups in total. The Balaban J connectivity index is 1.49. The second kappa shape index (κ2) is 19.2. The number of aliphatic hydroxyl groups excluding tert-OH is 2. The summed E-state index contributed by atoms with van der Waals surface area (Å²) in [5, 5.41) is 24.4. The van der Waals surface area contributed by atoms with Crippen molar-refractivity contribution in [3.63, 3.8) is 0 Å². The maximum atomic E-state index is 9.85. The Morgan fingerprint density at radius 3 is 2.63 bits per heavy atom. The van der Waals surface area contributed by atoms with Crippen LogP contribution in [0.2, 0.25) is 0 Å². The van der Waals surface area contributed by atoms with Gasteiger partial charge >= 0.3 is 0 Å². The zero-order chi connectivity index (χ0) is 36.2. The molecule has 10 nitrogen and oxygen atoms in total. The van der Waals surface area contributed by atoms with Gasteiger partial charge in [-0.3, -0.25) is 9.97 Å². The normalized spacial score (nSPS) is 28.6. The van der Waals surface area contributed by atoms with Crippen LogP contribution in [0.1, 0.15) is 81.4 Å². The third-order valence-electron chi connectivity index (χ3n) is 10.7. The van der Waals surface area contributed by atoms with Crippen molar-refractivity contribution in [2.75, 3.05) is 38.8 Å². The van der Waals surface area contributed by atoms with Crippen molar-refractivity contribution in [3.05, 3.63) is 85.0 Å². The Kier molecular flexibility index (Phi) is 14.2. The molecule has 0 radical (unpaired) electrons. The van der Waals surface area contributed by atoms with Gasteiger partial charge in [0.15, 0.2) is 0 Å². The summed E-state index contributed by atoms with van der Waals surface area (Å²) >= 11 is 1.82. The molecule has 1 aromatic carbocycles. The van der Waals surface area contributed by atoms with E-state index >= 15 is 0 Å². The van der Waals surface area contributed by atoms with Crippen LogP contribution in [0.5, 0.6) is 11.5 Å². The topological polar surface area (TPSA) is 125 Å². The van der Waals surface area contributed by atoms with Gasteiger partial charge in [-0.25, -0.2) is 0 Å². The Morgan fingerprint density at radius 1 is 1.04 bits per heavy atom. The van der Waals surface area contributed by atoms with Crippen LogP contribution in [0.15, 0.2) is 78.9 Å². The van der Waals surface area contributed by atoms with Crippen molar-refractivity contribution in [1.29, 1.82) is 0 Å². The predicted molar refractivity (Wildman–Crippen MR) is 204 cm³/mol. The molecule has 2 aliphatic carbocycles. The number of rotatable bonds is 20. The summed E-state index contributed by atoms with van der Waals surface area (Å²) in [5.74, 6) is 1.53. The lowest BCUT2D eigenvalue weighted by Gasteiger charge is -2.58. The number of nitrogens with zero attached hydrogens (tertiary/aromatic N) is 3. The molecule has 11 heteroatoms. The molecular weight excluding hydrogens is 679 g/mol. The summed E-state index contributed by atoms with van der Waals surface area (Å²) in [6.45, 7) is 9.60. The first kappa shape index (κ1) is 38.5. The van der Waals surface area contributed by atoms with E-state index in [4.69, 9.17) is 28.9 Å². The number of aryl methyl sites for hydroxylation is 1. The van der Waals surface area contributed by atoms with E-state index in [9.17, 15) is 10.2 Å². The molecular formula is C41H55N3O7S. The highest BCUT2D eigenvalue weighted by atomic mass is 32.2. The number of ether oxygens (including phenoxy) is 4. The molecule has 1 saturated heterocycles. The molecule has 4 aliphatic rings. The van der Waals surface area contributed by atoms with E-state index in [1.54, 1.807) is 24.5 Å². The molecule has 2 fully saturated rings. The van der Waals surface area contributed by atoms with Crippen molar-refractivity contribution in [2.45, 2.75) is 93.9 Å². The first-order valence-corrected chi connectivity index (χ1v) is 20.1. The van der Waals surface area contributed by atoms with Gasteiger partial charge in [-0.1, -0.05) is 42.8 Å². The number of thioether (sulfide) groups is 1. The third kappa shape index (κ3) is 8.93. The number of aromatic nitrogens is 2. The van der Waals surface area contributed by atoms with Crippen LogP contribution < -0.4 is 9.47 Å². The number of hydrogen-bond donors (Lipinski definition) is 2. The maximum absolute atomic E-state index is 9.85. The Hall–Kier alpha value is -3.22. The lowest BCUT2D eigenvalue weighted by atomic mass is 9.56. The first-order chi connectivity index (χ1) is 25.6. The second-order valence-electron chi connectivity index (χ2n) is 14.1. The average molecular weight is 734 g/mol. The van der Waals surface area contributed by atoms with E-state index in [2.05, 4.69) is 35.3 Å². The van der Waals surface area contributed by atoms with E-state index in [1.165, 1.54) is 0 Å². The monoisotopic (exact) mass is 733 g/mol. The van der Waals surface area contributed by atoms with Gasteiger partial charge in [0.1, 0.15) is 18.1 Å². The summed E-state index contributed by atoms with van der Waals surface area (Å²) in [6, 6.07) is 6.13. The number of allylic oxidation sites excluding steroid dienone is 1. The molecule has 2 aliphatic heterocycles. The molecule has 52 heavy (non-hydrogen) atoms. The molecule has 0 spiro atoms. The van der Waals surface area contributed by atoms with Crippen LogP contribution >= 0.6 is 11.8 Å². The Morgan fingerprint density at radius 2 is 1.88 bits per heavy atom. The quantitative estimate of drug-likeness (QED) is 0.0822. The zero-order valence-corrected chi connectivity index (χ0v) is 31.1. The number of hydrogen-bond acceptors (Lipinski definition) is 11. The van der Waals surface area contributed by atoms with Crippen molar-refractivity contribution >= 4 is 17.5 Å². The molecule has 1 aromatic heterocycles. The van der Waals surface area contributed by atoms with E-state index in [-0.39, 0.29) is 48.4 Å². The summed E-state index contributed by atoms with van der Waals surface area (Å²) < 4.78 is 26.3. The van der Waals surface area contributed by atoms with Crippen molar-refractivity contribution in [2.24, 2.45) is 22.9 Å². The van der Waals surface area contributed by atoms with Crippen molar-refractivity contribution in [1.82, 2.24) is 9.97 Å². The van der Waals surface area contributed by atoms with Gasteiger partial charge in [-0.05, 0) is 79.9 Å². The Labute approximate surface area is 312 Å². The smallest absolute Gasteiger partial charge is 0.230 e. The van der Waals surface area contributed by atoms with Gasteiger partial charge < -0.3 is 34.0 Å². The summed E-state index contributed by atoms with van der Waals surface area (Å²) in [6.07, 6.45) is 20.2. The van der Waals surface area contributed by atoms with E-state index in [0.29, 0.717) is 26.2 Å². The fourth-order valence-electron chi connectivity index (χ4n) is 8.40. The minimum atomic E-state index is -1.03. The standard InChI is InChI=1S/C41H55N3O7S/c1-3-21-47-31-14-15-36-34(26-31)39-32(12-6-9-20-46)29(11-5-8-19-45)25-33-35(44-51-38-13-7-10-23-48-38)27-37(41(50-36,40(33)39)49-22-4-2)52-24-16-30-28-42-17-18-43-30/h3-4,14-15,17-18,25-26,28-29,32,37-40,45-46H,1-2,5-13,16,19-24,27H2/t29-,32+,37-,38?,39+,40+,41+/m0/s1. The molecule has 2 aromatic rings. The highest BCUT2D eigenvalue weighted by Crippen LogP contribution is 2.62. The fraction of sp³-hybridized carbons (Fsp3) is 0.585. The minimum absolute atomic E-state index is 0.00168. The van der Waals surface area contributed by atoms with Crippen LogP contribution in [0, 0.1) is 17.8 Å². The van der Waals surface area contributed by atoms with Gasteiger partial charge in [-0.15, -0.1) is 6.58 Å². The summed E-state index contributed by atoms with van der Waals surface area (Å²) in [7, 11) is 0. The van der Waals surface area contributed by atoms with Crippen LogP contribution in [-0.4, -0.2) is 82.0 Å². The minimum Gasteiger partial charge on any atom is -0.490 e. The maximum Gasteiger partial charge on any atom is 0.230 e. The second-order valence-corrected chi connectivity index (χ2v) is 15.4. The zero-order valence-electron chi connectivity index (χ0n) is 30.3. The molecule has 1 unspecified atom stereocenters. The molecule has 0 amide bonds. The molecule has 282 valence electrons. The summed E-state index contributed by atoms with van der Waals surface area (Å²) in [4.78, 5) is 15.0. The van der Waals surface area contributed by atoms with Gasteiger partial charge in [0.25, 0.3) is 0 Å². The van der Waals surface area contributed by atoms with E-state index in [1.807, 2.05) is 30.1 Å². The lowest BCUT2D eigenvalue weighted by molar-refractivity contribution is -0.223. The molecule has 3 heterocycles. The van der Waals surface area contributed by atoms with E-state index < -0.39 is 5.79 Å². The predicted octanol–water partition coefficient (Wildman–Crippen LogP) is 7.18. The van der Waals surface area contributed by atoms with Crippen molar-refractivity contribution in [3.8, 4) is 11.5 Å². The van der Waals surface area contributed by atoms with Crippen LogP contribution in [-0.2, 0) is 20.7 Å². The van der Waals surface area contributed by atoms with Gasteiger partial charge in [0.2, 0.25) is 12.1 Å². The first-order valence-electron chi connectivity index (χ1n) is 19.1. The third-order valence-corrected chi connectivity index (χ3v) is 12.0. The number of aliphatic hydroxyl groups is 2. The van der Waals surface area contributed by atoms with Crippen LogP contribution in [0.25, 0.3) is 0 Å². The lowest BCUT2D eigenvalue weighted by Crippen LogP contribution is -2.64. The molecule has 7 atom stereocenters. The van der Waals surface area contributed by atoms with Crippen LogP contribution in [0.4, 0.5) is 0 Å². The number of fused-ring (bicyclic) bond motifs is 2. The number of unbranched alkanes of at least 4 members (excludes halogenated alkanes) is 2. The van der Waals surface area contributed by atoms with Crippen LogP contribution in [0.3, 0.4) is 0 Å². The van der Waals surface area contributed by atoms with Crippen molar-refractivity contribution < 1.29 is 34.0 Å². The van der Waals surface area contributed by atoms with Gasteiger partial charge in [0, 0.05) is 62.5 Å². The van der Waals surface area contributed by atoms with E-state index in [0.717, 1.165) is 104 Å². The SMILES string of the molecule is C=CCOc1ccc2c(c1)[C@H]1[C@H](CCCCO)[C@@H](CCCCO)C=C3C(=NOC4CCCCO4)C[C@H](SCCc4cnccn4)[C@@](OCC=C)(O2)[C@H]31. The highest BCUT2D eigenvalue weighted by molar-refractivity contribution is 8.00. The molecule has 1 saturated carbocycles. The summed E-state index contributed by atoms with van der Waals surface area (Å²) in [5.41, 5.74) is 4.04. The van der Waals surface area contributed by atoms with Gasteiger partial charge in [0.05, 0.1) is 35.8 Å². The number of benzene rings is 1. The largest absolute Gasteiger partial charge is 0.490 e. The fourth-order valence-corrected chi connectivity index (χ4v) is 9.78. The Bertz CT molecular complexity index is 1520.